The first kappa shape index (κ1) is 11.6. The molecular formula is C18H12OS. The van der Waals surface area contributed by atoms with Gasteiger partial charge in [0.25, 0.3) is 0 Å². The molecule has 0 fully saturated rings. The first-order valence-electron chi connectivity index (χ1n) is 6.59. The highest BCUT2D eigenvalue weighted by Gasteiger charge is 2.09. The van der Waals surface area contributed by atoms with Gasteiger partial charge in [-0.3, -0.25) is 4.79 Å². The van der Waals surface area contributed by atoms with E-state index in [0.29, 0.717) is 0 Å². The summed E-state index contributed by atoms with van der Waals surface area (Å²) >= 11 is 1.77. The van der Waals surface area contributed by atoms with Gasteiger partial charge in [0.05, 0.1) is 0 Å². The maximum Gasteiger partial charge on any atom is 0.159 e. The third kappa shape index (κ3) is 1.58. The zero-order valence-electron chi connectivity index (χ0n) is 11.0. The molecule has 96 valence electrons. The van der Waals surface area contributed by atoms with E-state index in [1.54, 1.807) is 18.3 Å². The highest BCUT2D eigenvalue weighted by Crippen LogP contribution is 2.38. The highest BCUT2D eigenvalue weighted by molar-refractivity contribution is 7.26. The molecule has 2 heteroatoms. The minimum absolute atomic E-state index is 0.120. The molecule has 0 bridgehead atoms. The lowest BCUT2D eigenvalue weighted by Gasteiger charge is -1.98. The second kappa shape index (κ2) is 4.15. The van der Waals surface area contributed by atoms with Crippen molar-refractivity contribution in [2.24, 2.45) is 0 Å². The average Bonchev–Trinajstić information content (AvgIpc) is 2.85. The zero-order valence-corrected chi connectivity index (χ0v) is 11.8. The number of rotatable bonds is 1. The molecule has 0 saturated carbocycles. The monoisotopic (exact) mass is 276 g/mol. The third-order valence-corrected chi connectivity index (χ3v) is 4.97. The van der Waals surface area contributed by atoms with Crippen LogP contribution in [-0.2, 0) is 0 Å². The van der Waals surface area contributed by atoms with Crippen molar-refractivity contribution in [1.29, 1.82) is 0 Å². The molecule has 0 saturated heterocycles. The smallest absolute Gasteiger partial charge is 0.159 e. The summed E-state index contributed by atoms with van der Waals surface area (Å²) in [5.41, 5.74) is 0.786. The largest absolute Gasteiger partial charge is 0.295 e. The zero-order chi connectivity index (χ0) is 13.7. The topological polar surface area (TPSA) is 17.1 Å². The fourth-order valence-corrected chi connectivity index (χ4v) is 4.00. The van der Waals surface area contributed by atoms with E-state index in [4.69, 9.17) is 0 Å². The van der Waals surface area contributed by atoms with Crippen LogP contribution in [0.5, 0.6) is 0 Å². The molecule has 0 atom stereocenters. The molecule has 0 radical (unpaired) electrons. The van der Waals surface area contributed by atoms with Crippen molar-refractivity contribution in [2.75, 3.05) is 0 Å². The molecule has 3 aromatic carbocycles. The molecule has 0 spiro atoms. The lowest BCUT2D eigenvalue weighted by Crippen LogP contribution is -1.89. The summed E-state index contributed by atoms with van der Waals surface area (Å²) in [5, 5.41) is 5.06. The van der Waals surface area contributed by atoms with Crippen LogP contribution in [-0.4, -0.2) is 5.78 Å². The standard InChI is InChI=1S/C18H12OS/c1-11(19)13-7-8-15-16-9-6-12-4-2-3-5-14(12)18(16)20-17(15)10-13/h2-10H,1H3. The van der Waals surface area contributed by atoms with E-state index in [2.05, 4.69) is 42.5 Å². The predicted octanol–water partition coefficient (Wildman–Crippen LogP) is 5.41. The van der Waals surface area contributed by atoms with E-state index in [-0.39, 0.29) is 5.78 Å². The van der Waals surface area contributed by atoms with E-state index in [1.807, 2.05) is 12.1 Å². The summed E-state index contributed by atoms with van der Waals surface area (Å²) in [6, 6.07) is 18.8. The lowest BCUT2D eigenvalue weighted by atomic mass is 10.0. The Morgan fingerprint density at radius 1 is 0.900 bits per heavy atom. The Kier molecular flexibility index (Phi) is 2.41. The van der Waals surface area contributed by atoms with Crippen molar-refractivity contribution in [3.63, 3.8) is 0 Å². The number of ketones is 1. The quantitative estimate of drug-likeness (QED) is 0.425. The first-order chi connectivity index (χ1) is 9.74. The summed E-state index contributed by atoms with van der Waals surface area (Å²) in [7, 11) is 0. The van der Waals surface area contributed by atoms with Gasteiger partial charge in [0.15, 0.2) is 5.78 Å². The Bertz CT molecular complexity index is 979. The lowest BCUT2D eigenvalue weighted by molar-refractivity contribution is 0.101. The number of carbonyl (C=O) groups excluding carboxylic acids is 1. The normalized spacial score (nSPS) is 11.4. The van der Waals surface area contributed by atoms with Crippen LogP contribution in [0, 0.1) is 0 Å². The number of hydrogen-bond acceptors (Lipinski definition) is 2. The Labute approximate surface area is 120 Å². The molecule has 0 aliphatic carbocycles. The molecule has 0 amide bonds. The predicted molar refractivity (Wildman–Crippen MR) is 86.8 cm³/mol. The number of benzene rings is 3. The Hall–Kier alpha value is -2.19. The van der Waals surface area contributed by atoms with E-state index in [0.717, 1.165) is 5.56 Å². The van der Waals surface area contributed by atoms with E-state index < -0.39 is 0 Å². The van der Waals surface area contributed by atoms with Crippen molar-refractivity contribution < 1.29 is 4.79 Å². The number of hydrogen-bond donors (Lipinski definition) is 0. The number of thiophene rings is 1. The second-order valence-corrected chi connectivity index (χ2v) is 6.08. The van der Waals surface area contributed by atoms with Gasteiger partial charge in [-0.15, -0.1) is 11.3 Å². The van der Waals surface area contributed by atoms with Gasteiger partial charge >= 0.3 is 0 Å². The van der Waals surface area contributed by atoms with Gasteiger partial charge < -0.3 is 0 Å². The molecule has 0 unspecified atom stereocenters. The summed E-state index contributed by atoms with van der Waals surface area (Å²) in [4.78, 5) is 11.5. The second-order valence-electron chi connectivity index (χ2n) is 5.03. The molecule has 4 aromatic rings. The Morgan fingerprint density at radius 2 is 1.70 bits per heavy atom. The number of fused-ring (bicyclic) bond motifs is 5. The van der Waals surface area contributed by atoms with Crippen molar-refractivity contribution in [3.05, 3.63) is 60.2 Å². The molecule has 1 aromatic heterocycles. The minimum atomic E-state index is 0.120. The Morgan fingerprint density at radius 3 is 2.55 bits per heavy atom. The maximum atomic E-state index is 11.5. The molecule has 4 rings (SSSR count). The van der Waals surface area contributed by atoms with Crippen LogP contribution in [0.1, 0.15) is 17.3 Å². The van der Waals surface area contributed by atoms with Gasteiger partial charge in [0, 0.05) is 25.7 Å². The maximum absolute atomic E-state index is 11.5. The van der Waals surface area contributed by atoms with Crippen molar-refractivity contribution in [1.82, 2.24) is 0 Å². The molecular weight excluding hydrogens is 264 g/mol. The van der Waals surface area contributed by atoms with Gasteiger partial charge in [-0.05, 0) is 23.8 Å². The van der Waals surface area contributed by atoms with Crippen LogP contribution in [0.15, 0.2) is 54.6 Å². The molecule has 20 heavy (non-hydrogen) atoms. The van der Waals surface area contributed by atoms with Crippen LogP contribution >= 0.6 is 11.3 Å². The van der Waals surface area contributed by atoms with Crippen LogP contribution in [0.3, 0.4) is 0 Å². The molecule has 0 aliphatic heterocycles. The van der Waals surface area contributed by atoms with Gasteiger partial charge in [0.2, 0.25) is 0 Å². The van der Waals surface area contributed by atoms with Crippen molar-refractivity contribution >= 4 is 48.1 Å². The van der Waals surface area contributed by atoms with Crippen LogP contribution in [0.2, 0.25) is 0 Å². The minimum Gasteiger partial charge on any atom is -0.295 e. The van der Waals surface area contributed by atoms with Gasteiger partial charge in [-0.25, -0.2) is 0 Å². The molecule has 1 nitrogen and oxygen atoms in total. The molecule has 0 aliphatic rings. The summed E-state index contributed by atoms with van der Waals surface area (Å²) in [6.45, 7) is 1.61. The third-order valence-electron chi connectivity index (χ3n) is 3.77. The van der Waals surface area contributed by atoms with Gasteiger partial charge in [-0.2, -0.15) is 0 Å². The van der Waals surface area contributed by atoms with E-state index in [1.165, 1.54) is 30.9 Å². The van der Waals surface area contributed by atoms with Gasteiger partial charge in [0.1, 0.15) is 0 Å². The van der Waals surface area contributed by atoms with E-state index in [9.17, 15) is 4.79 Å². The van der Waals surface area contributed by atoms with Crippen molar-refractivity contribution in [3.8, 4) is 0 Å². The SMILES string of the molecule is CC(=O)c1ccc2c(c1)sc1c3ccccc3ccc21. The number of Topliss-reactive ketones (excluding diaryl/α,β-unsaturated/α-hetero) is 1. The summed E-state index contributed by atoms with van der Waals surface area (Å²) in [5.74, 6) is 0.120. The highest BCUT2D eigenvalue weighted by atomic mass is 32.1. The fraction of sp³-hybridized carbons (Fsp3) is 0.0556. The molecule has 1 heterocycles. The summed E-state index contributed by atoms with van der Waals surface area (Å²) < 4.78 is 2.49. The molecule has 0 N–H and O–H groups in total. The first-order valence-corrected chi connectivity index (χ1v) is 7.40. The fourth-order valence-electron chi connectivity index (χ4n) is 2.72. The Balaban J connectivity index is 2.17. The van der Waals surface area contributed by atoms with Crippen molar-refractivity contribution in [2.45, 2.75) is 6.92 Å². The van der Waals surface area contributed by atoms with Crippen LogP contribution < -0.4 is 0 Å². The summed E-state index contributed by atoms with van der Waals surface area (Å²) in [6.07, 6.45) is 0. The van der Waals surface area contributed by atoms with Crippen LogP contribution in [0.25, 0.3) is 30.9 Å². The number of carbonyl (C=O) groups is 1. The van der Waals surface area contributed by atoms with Gasteiger partial charge in [-0.1, -0.05) is 48.5 Å². The van der Waals surface area contributed by atoms with E-state index >= 15 is 0 Å². The average molecular weight is 276 g/mol. The van der Waals surface area contributed by atoms with Crippen LogP contribution in [0.4, 0.5) is 0 Å².